The van der Waals surface area contributed by atoms with Gasteiger partial charge < -0.3 is 4.90 Å². The van der Waals surface area contributed by atoms with Crippen LogP contribution >= 0.6 is 11.3 Å². The molecule has 7 aromatic carbocycles. The Kier molecular flexibility index (Phi) is 6.05. The van der Waals surface area contributed by atoms with E-state index in [0.29, 0.717) is 0 Å². The molecule has 0 aliphatic heterocycles. The lowest BCUT2D eigenvalue weighted by Gasteiger charge is -2.25. The number of nitrogens with zero attached hydrogens (tertiary/aromatic N) is 1. The van der Waals surface area contributed by atoms with E-state index in [2.05, 4.69) is 169 Å². The smallest absolute Gasteiger partial charge is 0.0476 e. The highest BCUT2D eigenvalue weighted by atomic mass is 32.1. The molecule has 0 saturated heterocycles. The van der Waals surface area contributed by atoms with Gasteiger partial charge in [0, 0.05) is 37.2 Å². The monoisotopic (exact) mass is 553 g/mol. The number of hydrogen-bond acceptors (Lipinski definition) is 2. The van der Waals surface area contributed by atoms with E-state index >= 15 is 0 Å². The molecule has 8 aromatic rings. The Morgan fingerprint density at radius 2 is 1.00 bits per heavy atom. The molecule has 198 valence electrons. The fourth-order valence-electron chi connectivity index (χ4n) is 6.02. The molecule has 1 nitrogen and oxygen atoms in total. The van der Waals surface area contributed by atoms with Gasteiger partial charge in [-0.05, 0) is 81.6 Å². The first-order valence-corrected chi connectivity index (χ1v) is 15.1. The van der Waals surface area contributed by atoms with E-state index in [0.717, 1.165) is 17.1 Å². The van der Waals surface area contributed by atoms with Crippen LogP contribution in [0.15, 0.2) is 164 Å². The second-order valence-electron chi connectivity index (χ2n) is 10.6. The van der Waals surface area contributed by atoms with Crippen LogP contribution in [0, 0.1) is 0 Å². The Morgan fingerprint density at radius 3 is 1.88 bits per heavy atom. The Labute approximate surface area is 249 Å². The molecule has 0 atom stereocenters. The summed E-state index contributed by atoms with van der Waals surface area (Å²) < 4.78 is 2.63. The maximum Gasteiger partial charge on any atom is 0.0476 e. The van der Waals surface area contributed by atoms with Crippen molar-refractivity contribution in [3.05, 3.63) is 164 Å². The van der Waals surface area contributed by atoms with E-state index in [1.54, 1.807) is 0 Å². The van der Waals surface area contributed by atoms with Gasteiger partial charge in [-0.3, -0.25) is 0 Å². The molecular formula is C40H27NS. The predicted octanol–water partition coefficient (Wildman–Crippen LogP) is 12.0. The third-order valence-corrected chi connectivity index (χ3v) is 9.19. The van der Waals surface area contributed by atoms with Crippen LogP contribution in [0.4, 0.5) is 17.1 Å². The molecule has 0 amide bonds. The molecule has 0 spiro atoms. The van der Waals surface area contributed by atoms with Gasteiger partial charge >= 0.3 is 0 Å². The predicted molar refractivity (Wildman–Crippen MR) is 182 cm³/mol. The third-order valence-electron chi connectivity index (χ3n) is 8.06. The third kappa shape index (κ3) is 4.34. The van der Waals surface area contributed by atoms with Crippen molar-refractivity contribution < 1.29 is 0 Å². The summed E-state index contributed by atoms with van der Waals surface area (Å²) in [6.07, 6.45) is 0. The first-order valence-electron chi connectivity index (χ1n) is 14.3. The maximum atomic E-state index is 2.35. The molecule has 0 N–H and O–H groups in total. The summed E-state index contributed by atoms with van der Waals surface area (Å²) >= 11 is 1.86. The lowest BCUT2D eigenvalue weighted by Crippen LogP contribution is -2.09. The summed E-state index contributed by atoms with van der Waals surface area (Å²) in [5, 5.41) is 5.18. The molecule has 2 heteroatoms. The normalized spacial score (nSPS) is 11.3. The maximum absolute atomic E-state index is 2.35. The molecule has 0 unspecified atom stereocenters. The van der Waals surface area contributed by atoms with Crippen molar-refractivity contribution >= 4 is 59.3 Å². The average molecular weight is 554 g/mol. The van der Waals surface area contributed by atoms with E-state index in [9.17, 15) is 0 Å². The molecule has 0 bridgehead atoms. The molecule has 0 radical (unpaired) electrons. The Hall–Kier alpha value is -5.18. The number of para-hydroxylation sites is 1. The van der Waals surface area contributed by atoms with Gasteiger partial charge in [0.1, 0.15) is 0 Å². The molecule has 1 aromatic heterocycles. The van der Waals surface area contributed by atoms with E-state index in [1.807, 2.05) is 11.3 Å². The van der Waals surface area contributed by atoms with Crippen LogP contribution in [0.1, 0.15) is 0 Å². The van der Waals surface area contributed by atoms with Crippen LogP contribution < -0.4 is 4.90 Å². The molecule has 0 fully saturated rings. The van der Waals surface area contributed by atoms with Crippen molar-refractivity contribution in [3.8, 4) is 22.3 Å². The molecule has 0 aliphatic carbocycles. The summed E-state index contributed by atoms with van der Waals surface area (Å²) in [7, 11) is 0. The fourth-order valence-corrected chi connectivity index (χ4v) is 7.16. The zero-order valence-corrected chi connectivity index (χ0v) is 23.8. The summed E-state index contributed by atoms with van der Waals surface area (Å²) in [6, 6.07) is 59.1. The van der Waals surface area contributed by atoms with Gasteiger partial charge in [0.2, 0.25) is 0 Å². The lowest BCUT2D eigenvalue weighted by atomic mass is 9.95. The van der Waals surface area contributed by atoms with E-state index in [1.165, 1.54) is 53.2 Å². The van der Waals surface area contributed by atoms with Gasteiger partial charge in [0.25, 0.3) is 0 Å². The zero-order valence-electron chi connectivity index (χ0n) is 22.9. The summed E-state index contributed by atoms with van der Waals surface area (Å²) in [4.78, 5) is 2.35. The first kappa shape index (κ1) is 24.6. The van der Waals surface area contributed by atoms with E-state index in [4.69, 9.17) is 0 Å². The van der Waals surface area contributed by atoms with Gasteiger partial charge in [-0.1, -0.05) is 115 Å². The number of rotatable bonds is 5. The minimum absolute atomic E-state index is 1.13. The fraction of sp³-hybridized carbons (Fsp3) is 0. The second-order valence-corrected chi connectivity index (χ2v) is 11.7. The Bertz CT molecular complexity index is 2190. The summed E-state index contributed by atoms with van der Waals surface area (Å²) in [5.74, 6) is 0. The van der Waals surface area contributed by atoms with Crippen molar-refractivity contribution in [2.75, 3.05) is 4.90 Å². The van der Waals surface area contributed by atoms with E-state index in [-0.39, 0.29) is 0 Å². The minimum atomic E-state index is 1.13. The standard InChI is InChI=1S/C40H27NS/c1-2-14-32(15-3-1)41(34-24-25-38-37-17-6-7-19-39(37)42-40(38)27-34)33-22-20-28(21-23-33)30-12-8-13-31(26-30)36-18-9-11-29-10-4-5-16-35(29)36/h1-27H. The summed E-state index contributed by atoms with van der Waals surface area (Å²) in [5.41, 5.74) is 8.35. The average Bonchev–Trinajstić information content (AvgIpc) is 3.43. The zero-order chi connectivity index (χ0) is 27.9. The van der Waals surface area contributed by atoms with Gasteiger partial charge in [-0.2, -0.15) is 0 Å². The number of thiophene rings is 1. The highest BCUT2D eigenvalue weighted by Crippen LogP contribution is 2.41. The first-order chi connectivity index (χ1) is 20.8. The van der Waals surface area contributed by atoms with Crippen LogP contribution in [-0.2, 0) is 0 Å². The number of fused-ring (bicyclic) bond motifs is 4. The topological polar surface area (TPSA) is 3.24 Å². The Morgan fingerprint density at radius 1 is 0.357 bits per heavy atom. The van der Waals surface area contributed by atoms with Gasteiger partial charge in [0.05, 0.1) is 0 Å². The largest absolute Gasteiger partial charge is 0.310 e. The van der Waals surface area contributed by atoms with Gasteiger partial charge in [0.15, 0.2) is 0 Å². The quantitative estimate of drug-likeness (QED) is 0.205. The number of benzene rings is 7. The highest BCUT2D eigenvalue weighted by Gasteiger charge is 2.15. The SMILES string of the molecule is c1ccc(N(c2ccc(-c3cccc(-c4cccc5ccccc45)c3)cc2)c2ccc3c(c2)sc2ccccc23)cc1. The van der Waals surface area contributed by atoms with Gasteiger partial charge in [-0.25, -0.2) is 0 Å². The van der Waals surface area contributed by atoms with Crippen LogP contribution in [0.3, 0.4) is 0 Å². The highest BCUT2D eigenvalue weighted by molar-refractivity contribution is 7.25. The molecule has 0 aliphatic rings. The molecule has 8 rings (SSSR count). The van der Waals surface area contributed by atoms with Crippen molar-refractivity contribution in [1.82, 2.24) is 0 Å². The summed E-state index contributed by atoms with van der Waals surface area (Å²) in [6.45, 7) is 0. The van der Waals surface area contributed by atoms with Crippen LogP contribution in [0.25, 0.3) is 53.2 Å². The van der Waals surface area contributed by atoms with Crippen LogP contribution in [0.5, 0.6) is 0 Å². The lowest BCUT2D eigenvalue weighted by molar-refractivity contribution is 1.29. The minimum Gasteiger partial charge on any atom is -0.310 e. The molecule has 0 saturated carbocycles. The van der Waals surface area contributed by atoms with Crippen molar-refractivity contribution in [2.24, 2.45) is 0 Å². The van der Waals surface area contributed by atoms with Crippen molar-refractivity contribution in [1.29, 1.82) is 0 Å². The molecular weight excluding hydrogens is 527 g/mol. The van der Waals surface area contributed by atoms with Crippen molar-refractivity contribution in [2.45, 2.75) is 0 Å². The number of hydrogen-bond donors (Lipinski definition) is 0. The molecule has 1 heterocycles. The van der Waals surface area contributed by atoms with E-state index < -0.39 is 0 Å². The van der Waals surface area contributed by atoms with Gasteiger partial charge in [-0.15, -0.1) is 11.3 Å². The molecule has 42 heavy (non-hydrogen) atoms. The number of anilines is 3. The second kappa shape index (κ2) is 10.3. The van der Waals surface area contributed by atoms with Crippen molar-refractivity contribution in [3.63, 3.8) is 0 Å². The van der Waals surface area contributed by atoms with Crippen LogP contribution in [0.2, 0.25) is 0 Å². The Balaban J connectivity index is 1.19. The van der Waals surface area contributed by atoms with Crippen LogP contribution in [-0.4, -0.2) is 0 Å².